The summed E-state index contributed by atoms with van der Waals surface area (Å²) in [7, 11) is 0. The molecule has 0 unspecified atom stereocenters. The largest absolute Gasteiger partial charge is 0.396 e. The lowest BCUT2D eigenvalue weighted by Crippen LogP contribution is -2.33. The Bertz CT molecular complexity index is 325. The van der Waals surface area contributed by atoms with E-state index >= 15 is 0 Å². The van der Waals surface area contributed by atoms with Crippen molar-refractivity contribution in [3.63, 3.8) is 0 Å². The molecule has 90 valence electrons. The number of aliphatic hydroxyl groups excluding tert-OH is 1. The molecular formula is C10H17N3O2S. The van der Waals surface area contributed by atoms with Gasteiger partial charge in [-0.25, -0.2) is 0 Å². The van der Waals surface area contributed by atoms with E-state index in [4.69, 9.17) is 5.11 Å². The molecule has 0 saturated carbocycles. The third-order valence-corrected chi connectivity index (χ3v) is 2.99. The van der Waals surface area contributed by atoms with Crippen LogP contribution in [0.1, 0.15) is 36.4 Å². The number of carbonyl (C=O) groups is 1. The number of aromatic nitrogens is 2. The predicted molar refractivity (Wildman–Crippen MR) is 62.3 cm³/mol. The Morgan fingerprint density at radius 3 is 2.94 bits per heavy atom. The maximum atomic E-state index is 11.6. The SMILES string of the molecule is CC(C)(CCCO)CNC(=O)c1cnns1. The minimum Gasteiger partial charge on any atom is -0.396 e. The highest BCUT2D eigenvalue weighted by molar-refractivity contribution is 7.07. The molecule has 1 aromatic rings. The third-order valence-electron chi connectivity index (χ3n) is 2.32. The van der Waals surface area contributed by atoms with Crippen LogP contribution in [-0.4, -0.2) is 33.8 Å². The lowest BCUT2D eigenvalue weighted by molar-refractivity contribution is 0.0937. The van der Waals surface area contributed by atoms with Gasteiger partial charge in [-0.1, -0.05) is 18.3 Å². The summed E-state index contributed by atoms with van der Waals surface area (Å²) in [5.74, 6) is -0.132. The van der Waals surface area contributed by atoms with Crippen LogP contribution in [-0.2, 0) is 0 Å². The van der Waals surface area contributed by atoms with Crippen molar-refractivity contribution >= 4 is 17.4 Å². The smallest absolute Gasteiger partial charge is 0.264 e. The Morgan fingerprint density at radius 1 is 1.62 bits per heavy atom. The Kier molecular flexibility index (Phi) is 4.82. The molecule has 0 aromatic carbocycles. The summed E-state index contributed by atoms with van der Waals surface area (Å²) in [6, 6.07) is 0. The first-order valence-electron chi connectivity index (χ1n) is 5.21. The van der Waals surface area contributed by atoms with Gasteiger partial charge in [0.05, 0.1) is 6.20 Å². The van der Waals surface area contributed by atoms with Crippen molar-refractivity contribution in [3.8, 4) is 0 Å². The minimum absolute atomic E-state index is 0.00347. The Labute approximate surface area is 99.0 Å². The van der Waals surface area contributed by atoms with Crippen LogP contribution in [0.5, 0.6) is 0 Å². The quantitative estimate of drug-likeness (QED) is 0.783. The molecule has 1 rings (SSSR count). The fraction of sp³-hybridized carbons (Fsp3) is 0.700. The predicted octanol–water partition coefficient (Wildman–Crippen LogP) is 1.07. The molecule has 0 aliphatic carbocycles. The van der Waals surface area contributed by atoms with Crippen LogP contribution in [0.3, 0.4) is 0 Å². The van der Waals surface area contributed by atoms with Gasteiger partial charge < -0.3 is 10.4 Å². The van der Waals surface area contributed by atoms with Crippen LogP contribution in [0, 0.1) is 5.41 Å². The second kappa shape index (κ2) is 5.91. The number of aliphatic hydroxyl groups is 1. The highest BCUT2D eigenvalue weighted by Crippen LogP contribution is 2.20. The molecule has 1 aromatic heterocycles. The molecule has 6 heteroatoms. The van der Waals surface area contributed by atoms with E-state index in [0.29, 0.717) is 11.4 Å². The van der Waals surface area contributed by atoms with Crippen molar-refractivity contribution in [1.29, 1.82) is 0 Å². The molecule has 1 amide bonds. The van der Waals surface area contributed by atoms with E-state index in [1.165, 1.54) is 6.20 Å². The van der Waals surface area contributed by atoms with Crippen molar-refractivity contribution in [1.82, 2.24) is 14.9 Å². The van der Waals surface area contributed by atoms with Crippen LogP contribution in [0.15, 0.2) is 6.20 Å². The Morgan fingerprint density at radius 2 is 2.38 bits per heavy atom. The minimum atomic E-state index is -0.132. The average molecular weight is 243 g/mol. The van der Waals surface area contributed by atoms with Gasteiger partial charge in [0.15, 0.2) is 0 Å². The lowest BCUT2D eigenvalue weighted by Gasteiger charge is -2.24. The van der Waals surface area contributed by atoms with Gasteiger partial charge in [-0.05, 0) is 29.8 Å². The molecule has 5 nitrogen and oxygen atoms in total. The zero-order valence-electron chi connectivity index (χ0n) is 9.56. The van der Waals surface area contributed by atoms with Gasteiger partial charge in [0.2, 0.25) is 0 Å². The fourth-order valence-electron chi connectivity index (χ4n) is 1.32. The Balaban J connectivity index is 2.36. The van der Waals surface area contributed by atoms with Crippen LogP contribution in [0.2, 0.25) is 0 Å². The second-order valence-corrected chi connectivity index (χ2v) is 5.24. The van der Waals surface area contributed by atoms with E-state index in [1.807, 2.05) is 0 Å². The fourth-order valence-corrected chi connectivity index (χ4v) is 1.75. The summed E-state index contributed by atoms with van der Waals surface area (Å²) in [5.41, 5.74) is -0.00347. The van der Waals surface area contributed by atoms with E-state index in [9.17, 15) is 4.79 Å². The zero-order chi connectivity index (χ0) is 12.0. The van der Waals surface area contributed by atoms with Crippen LogP contribution < -0.4 is 5.32 Å². The van der Waals surface area contributed by atoms with Crippen LogP contribution in [0.4, 0.5) is 0 Å². The molecule has 0 aliphatic rings. The average Bonchev–Trinajstić information content (AvgIpc) is 2.77. The molecule has 0 fully saturated rings. The number of amides is 1. The molecule has 0 atom stereocenters. The highest BCUT2D eigenvalue weighted by atomic mass is 32.1. The van der Waals surface area contributed by atoms with Gasteiger partial charge in [0.1, 0.15) is 4.88 Å². The Hall–Kier alpha value is -1.01. The molecule has 2 N–H and O–H groups in total. The van der Waals surface area contributed by atoms with E-state index in [1.54, 1.807) is 0 Å². The number of hydrogen-bond donors (Lipinski definition) is 2. The normalized spacial score (nSPS) is 11.4. The maximum absolute atomic E-state index is 11.6. The van der Waals surface area contributed by atoms with E-state index in [-0.39, 0.29) is 17.9 Å². The molecule has 0 radical (unpaired) electrons. The number of hydrogen-bond acceptors (Lipinski definition) is 5. The number of rotatable bonds is 6. The monoisotopic (exact) mass is 243 g/mol. The van der Waals surface area contributed by atoms with Crippen molar-refractivity contribution in [2.75, 3.05) is 13.2 Å². The third kappa shape index (κ3) is 4.24. The molecule has 0 spiro atoms. The van der Waals surface area contributed by atoms with Crippen molar-refractivity contribution in [2.45, 2.75) is 26.7 Å². The first kappa shape index (κ1) is 13.1. The van der Waals surface area contributed by atoms with E-state index in [0.717, 1.165) is 24.4 Å². The summed E-state index contributed by atoms with van der Waals surface area (Å²) in [4.78, 5) is 12.1. The van der Waals surface area contributed by atoms with Crippen LogP contribution in [0.25, 0.3) is 0 Å². The van der Waals surface area contributed by atoms with E-state index in [2.05, 4.69) is 28.8 Å². The molecule has 0 aliphatic heterocycles. The summed E-state index contributed by atoms with van der Waals surface area (Å²) < 4.78 is 3.64. The molecule has 0 bridgehead atoms. The first-order chi connectivity index (χ1) is 7.55. The first-order valence-corrected chi connectivity index (χ1v) is 5.99. The van der Waals surface area contributed by atoms with Crippen molar-refractivity contribution in [2.24, 2.45) is 5.41 Å². The molecule has 1 heterocycles. The summed E-state index contributed by atoms with van der Waals surface area (Å²) in [6.45, 7) is 4.90. The lowest BCUT2D eigenvalue weighted by atomic mass is 9.88. The second-order valence-electron chi connectivity index (χ2n) is 4.46. The van der Waals surface area contributed by atoms with Crippen molar-refractivity contribution in [3.05, 3.63) is 11.1 Å². The van der Waals surface area contributed by atoms with Gasteiger partial charge >= 0.3 is 0 Å². The summed E-state index contributed by atoms with van der Waals surface area (Å²) in [5, 5.41) is 15.2. The summed E-state index contributed by atoms with van der Waals surface area (Å²) in [6.07, 6.45) is 3.09. The molecule has 0 saturated heterocycles. The summed E-state index contributed by atoms with van der Waals surface area (Å²) >= 11 is 1.09. The number of carbonyl (C=O) groups excluding carboxylic acids is 1. The van der Waals surface area contributed by atoms with Gasteiger partial charge in [0.25, 0.3) is 5.91 Å². The number of nitrogens with one attached hydrogen (secondary N) is 1. The molecular weight excluding hydrogens is 226 g/mol. The standard InChI is InChI=1S/C10H17N3O2S/c1-10(2,4-3-5-14)7-11-9(15)8-6-12-13-16-8/h6,14H,3-5,7H2,1-2H3,(H,11,15). The van der Waals surface area contributed by atoms with Gasteiger partial charge in [-0.15, -0.1) is 5.10 Å². The number of nitrogens with zero attached hydrogens (tertiary/aromatic N) is 2. The van der Waals surface area contributed by atoms with E-state index < -0.39 is 0 Å². The van der Waals surface area contributed by atoms with Crippen molar-refractivity contribution < 1.29 is 9.90 Å². The van der Waals surface area contributed by atoms with Crippen LogP contribution >= 0.6 is 11.5 Å². The topological polar surface area (TPSA) is 75.1 Å². The zero-order valence-corrected chi connectivity index (χ0v) is 10.4. The van der Waals surface area contributed by atoms with Gasteiger partial charge in [-0.3, -0.25) is 4.79 Å². The highest BCUT2D eigenvalue weighted by Gasteiger charge is 2.19. The van der Waals surface area contributed by atoms with Gasteiger partial charge in [0, 0.05) is 13.2 Å². The molecule has 16 heavy (non-hydrogen) atoms. The van der Waals surface area contributed by atoms with Gasteiger partial charge in [-0.2, -0.15) is 0 Å². The maximum Gasteiger partial charge on any atom is 0.264 e.